The second-order valence-electron chi connectivity index (χ2n) is 3.68. The van der Waals surface area contributed by atoms with E-state index in [2.05, 4.69) is 9.84 Å². The van der Waals surface area contributed by atoms with Crippen molar-refractivity contribution < 1.29 is 9.53 Å². The van der Waals surface area contributed by atoms with E-state index in [4.69, 9.17) is 0 Å². The number of esters is 1. The van der Waals surface area contributed by atoms with Crippen molar-refractivity contribution in [2.75, 3.05) is 25.1 Å². The Labute approximate surface area is 103 Å². The first-order valence-electron chi connectivity index (χ1n) is 5.38. The van der Waals surface area contributed by atoms with Gasteiger partial charge in [0.05, 0.1) is 7.11 Å². The molecule has 0 aliphatic heterocycles. The van der Waals surface area contributed by atoms with Crippen molar-refractivity contribution in [3.8, 4) is 0 Å². The Morgan fingerprint density at radius 1 is 1.39 bits per heavy atom. The van der Waals surface area contributed by atoms with E-state index in [9.17, 15) is 14.4 Å². The zero-order valence-electron chi connectivity index (χ0n) is 10.8. The SMILES string of the molecule is CCN(CC(=O)OC)c1nn(C)c(=O)n(C)c1=O. The third kappa shape index (κ3) is 2.58. The molecular formula is C10H16N4O4. The van der Waals surface area contributed by atoms with Crippen LogP contribution in [0.25, 0.3) is 0 Å². The van der Waals surface area contributed by atoms with Crippen LogP contribution in [0, 0.1) is 0 Å². The largest absolute Gasteiger partial charge is 0.468 e. The van der Waals surface area contributed by atoms with Crippen molar-refractivity contribution in [3.63, 3.8) is 0 Å². The van der Waals surface area contributed by atoms with Crippen LogP contribution in [0.5, 0.6) is 0 Å². The van der Waals surface area contributed by atoms with E-state index in [1.54, 1.807) is 6.92 Å². The minimum atomic E-state index is -0.538. The third-order valence-corrected chi connectivity index (χ3v) is 2.53. The summed E-state index contributed by atoms with van der Waals surface area (Å²) in [6.45, 7) is 2.08. The van der Waals surface area contributed by atoms with Crippen molar-refractivity contribution in [1.82, 2.24) is 14.3 Å². The summed E-state index contributed by atoms with van der Waals surface area (Å²) in [6.07, 6.45) is 0. The molecule has 0 N–H and O–H groups in total. The molecule has 0 unspecified atom stereocenters. The molecule has 8 heteroatoms. The van der Waals surface area contributed by atoms with Gasteiger partial charge in [-0.15, -0.1) is 5.10 Å². The molecule has 8 nitrogen and oxygen atoms in total. The summed E-state index contributed by atoms with van der Waals surface area (Å²) in [4.78, 5) is 36.1. The van der Waals surface area contributed by atoms with E-state index in [-0.39, 0.29) is 12.4 Å². The average Bonchev–Trinajstić information content (AvgIpc) is 2.37. The van der Waals surface area contributed by atoms with E-state index < -0.39 is 17.2 Å². The van der Waals surface area contributed by atoms with E-state index in [0.717, 1.165) is 9.25 Å². The molecule has 0 spiro atoms. The molecule has 1 aromatic heterocycles. The molecular weight excluding hydrogens is 240 g/mol. The normalized spacial score (nSPS) is 10.2. The molecule has 0 radical (unpaired) electrons. The average molecular weight is 256 g/mol. The highest BCUT2D eigenvalue weighted by atomic mass is 16.5. The Kier molecular flexibility index (Phi) is 4.24. The van der Waals surface area contributed by atoms with Crippen LogP contribution in [0.4, 0.5) is 5.82 Å². The molecule has 0 aliphatic carbocycles. The summed E-state index contributed by atoms with van der Waals surface area (Å²) in [6, 6.07) is 0. The molecule has 0 bridgehead atoms. The van der Waals surface area contributed by atoms with Gasteiger partial charge in [-0.2, -0.15) is 0 Å². The Hall–Kier alpha value is -2.12. The number of carbonyl (C=O) groups excluding carboxylic acids is 1. The highest BCUT2D eigenvalue weighted by molar-refractivity contribution is 5.75. The topological polar surface area (TPSA) is 86.4 Å². The predicted octanol–water partition coefficient (Wildman–Crippen LogP) is -1.52. The van der Waals surface area contributed by atoms with Crippen LogP contribution >= 0.6 is 0 Å². The number of hydrogen-bond donors (Lipinski definition) is 0. The van der Waals surface area contributed by atoms with Gasteiger partial charge in [-0.05, 0) is 6.92 Å². The number of carbonyl (C=O) groups is 1. The fraction of sp³-hybridized carbons (Fsp3) is 0.600. The molecule has 0 aromatic carbocycles. The number of likely N-dealkylation sites (N-methyl/N-ethyl adjacent to an activating group) is 1. The van der Waals surface area contributed by atoms with Crippen molar-refractivity contribution in [1.29, 1.82) is 0 Å². The van der Waals surface area contributed by atoms with Gasteiger partial charge >= 0.3 is 11.7 Å². The molecule has 1 rings (SSSR count). The van der Waals surface area contributed by atoms with E-state index in [0.29, 0.717) is 6.54 Å². The lowest BCUT2D eigenvalue weighted by molar-refractivity contribution is -0.138. The van der Waals surface area contributed by atoms with Crippen LogP contribution in [-0.2, 0) is 23.6 Å². The van der Waals surface area contributed by atoms with Gasteiger partial charge in [-0.1, -0.05) is 0 Å². The van der Waals surface area contributed by atoms with Gasteiger partial charge in [0.25, 0.3) is 5.56 Å². The van der Waals surface area contributed by atoms with Gasteiger partial charge in [-0.3, -0.25) is 14.2 Å². The Bertz CT molecular complexity index is 560. The number of rotatable bonds is 4. The van der Waals surface area contributed by atoms with Gasteiger partial charge < -0.3 is 9.64 Å². The second-order valence-corrected chi connectivity index (χ2v) is 3.68. The maximum absolute atomic E-state index is 11.9. The van der Waals surface area contributed by atoms with Crippen molar-refractivity contribution >= 4 is 11.8 Å². The molecule has 1 aromatic rings. The minimum Gasteiger partial charge on any atom is -0.468 e. The molecule has 1 heterocycles. The number of anilines is 1. The number of methoxy groups -OCH3 is 1. The fourth-order valence-electron chi connectivity index (χ4n) is 1.44. The van der Waals surface area contributed by atoms with Gasteiger partial charge in [0.15, 0.2) is 0 Å². The van der Waals surface area contributed by atoms with Crippen molar-refractivity contribution in [2.45, 2.75) is 6.92 Å². The standard InChI is InChI=1S/C10H16N4O4/c1-5-14(6-7(15)18-4)8-9(16)12(2)10(17)13(3)11-8/h5-6H2,1-4H3. The van der Waals surface area contributed by atoms with Crippen molar-refractivity contribution in [3.05, 3.63) is 20.8 Å². The smallest absolute Gasteiger partial charge is 0.346 e. The van der Waals surface area contributed by atoms with Crippen LogP contribution in [0.15, 0.2) is 9.59 Å². The summed E-state index contributed by atoms with van der Waals surface area (Å²) >= 11 is 0. The number of aromatic nitrogens is 3. The van der Waals surface area contributed by atoms with Gasteiger partial charge in [-0.25, -0.2) is 9.48 Å². The monoisotopic (exact) mass is 256 g/mol. The summed E-state index contributed by atoms with van der Waals surface area (Å²) < 4.78 is 6.54. The van der Waals surface area contributed by atoms with Crippen LogP contribution in [0.1, 0.15) is 6.92 Å². The summed E-state index contributed by atoms with van der Waals surface area (Å²) in [5, 5.41) is 3.88. The fourth-order valence-corrected chi connectivity index (χ4v) is 1.44. The highest BCUT2D eigenvalue weighted by Crippen LogP contribution is 2.01. The Morgan fingerprint density at radius 2 is 2.00 bits per heavy atom. The van der Waals surface area contributed by atoms with E-state index in [1.807, 2.05) is 0 Å². The first-order valence-corrected chi connectivity index (χ1v) is 5.38. The Balaban J connectivity index is 3.27. The lowest BCUT2D eigenvalue weighted by atomic mass is 10.4. The van der Waals surface area contributed by atoms with Crippen LogP contribution < -0.4 is 16.1 Å². The highest BCUT2D eigenvalue weighted by Gasteiger charge is 2.17. The molecule has 0 atom stereocenters. The Morgan fingerprint density at radius 3 is 2.50 bits per heavy atom. The van der Waals surface area contributed by atoms with Gasteiger partial charge in [0.1, 0.15) is 6.54 Å². The lowest BCUT2D eigenvalue weighted by Crippen LogP contribution is -2.44. The molecule has 0 saturated heterocycles. The van der Waals surface area contributed by atoms with E-state index >= 15 is 0 Å². The predicted molar refractivity (Wildman–Crippen MR) is 64.6 cm³/mol. The van der Waals surface area contributed by atoms with Crippen LogP contribution in [-0.4, -0.2) is 40.5 Å². The van der Waals surface area contributed by atoms with Crippen LogP contribution in [0.2, 0.25) is 0 Å². The number of hydrogen-bond acceptors (Lipinski definition) is 6. The summed E-state index contributed by atoms with van der Waals surface area (Å²) in [7, 11) is 4.07. The van der Waals surface area contributed by atoms with Gasteiger partial charge in [0, 0.05) is 20.6 Å². The summed E-state index contributed by atoms with van der Waals surface area (Å²) in [5.74, 6) is -0.429. The number of ether oxygens (including phenoxy) is 1. The summed E-state index contributed by atoms with van der Waals surface area (Å²) in [5.41, 5.74) is -1.05. The zero-order chi connectivity index (χ0) is 13.9. The first kappa shape index (κ1) is 13.9. The zero-order valence-corrected chi connectivity index (χ0v) is 10.8. The minimum absolute atomic E-state index is 0.0486. The third-order valence-electron chi connectivity index (χ3n) is 2.53. The first-order chi connectivity index (χ1) is 8.42. The second kappa shape index (κ2) is 5.48. The van der Waals surface area contributed by atoms with E-state index in [1.165, 1.54) is 26.1 Å². The number of nitrogens with zero attached hydrogens (tertiary/aromatic N) is 4. The van der Waals surface area contributed by atoms with Gasteiger partial charge in [0.2, 0.25) is 5.82 Å². The number of aryl methyl sites for hydroxylation is 1. The maximum Gasteiger partial charge on any atom is 0.346 e. The quantitative estimate of drug-likeness (QED) is 0.608. The van der Waals surface area contributed by atoms with Crippen LogP contribution in [0.3, 0.4) is 0 Å². The van der Waals surface area contributed by atoms with Crippen molar-refractivity contribution in [2.24, 2.45) is 14.1 Å². The molecule has 0 fully saturated rings. The maximum atomic E-state index is 11.9. The molecule has 18 heavy (non-hydrogen) atoms. The lowest BCUT2D eigenvalue weighted by Gasteiger charge is -2.20. The molecule has 0 saturated carbocycles. The molecule has 0 aliphatic rings. The molecule has 100 valence electrons. The molecule has 0 amide bonds.